The number of rotatable bonds is 4. The predicted molar refractivity (Wildman–Crippen MR) is 86.9 cm³/mol. The zero-order valence-corrected chi connectivity index (χ0v) is 13.5. The Morgan fingerprint density at radius 2 is 1.95 bits per heavy atom. The van der Waals surface area contributed by atoms with Crippen molar-refractivity contribution in [2.75, 3.05) is 11.9 Å². The molecule has 1 aliphatic carbocycles. The lowest BCUT2D eigenvalue weighted by Gasteiger charge is -2.43. The van der Waals surface area contributed by atoms with Crippen LogP contribution in [0.1, 0.15) is 50.4 Å². The lowest BCUT2D eigenvalue weighted by atomic mass is 9.73. The first-order chi connectivity index (χ1) is 9.91. The largest absolute Gasteiger partial charge is 0.478 e. The van der Waals surface area contributed by atoms with Gasteiger partial charge in [0.2, 0.25) is 0 Å². The number of carboxylic acid groups (broad SMARTS) is 1. The minimum absolute atomic E-state index is 0.403. The molecule has 3 heteroatoms. The Labute approximate surface area is 128 Å². The Morgan fingerprint density at radius 3 is 2.57 bits per heavy atom. The van der Waals surface area contributed by atoms with Gasteiger partial charge in [0, 0.05) is 13.1 Å². The van der Waals surface area contributed by atoms with E-state index in [-0.39, 0.29) is 0 Å². The highest BCUT2D eigenvalue weighted by atomic mass is 16.4. The molecule has 3 unspecified atom stereocenters. The van der Waals surface area contributed by atoms with Gasteiger partial charge in [-0.1, -0.05) is 39.3 Å². The first-order valence-corrected chi connectivity index (χ1v) is 7.97. The summed E-state index contributed by atoms with van der Waals surface area (Å²) < 4.78 is 0. The van der Waals surface area contributed by atoms with E-state index in [4.69, 9.17) is 0 Å². The molecule has 1 aromatic carbocycles. The molecule has 2 rings (SSSR count). The Morgan fingerprint density at radius 1 is 1.29 bits per heavy atom. The monoisotopic (exact) mass is 289 g/mol. The lowest BCUT2D eigenvalue weighted by Crippen LogP contribution is -2.44. The highest BCUT2D eigenvalue weighted by molar-refractivity contribution is 5.94. The van der Waals surface area contributed by atoms with Crippen LogP contribution in [-0.4, -0.2) is 24.2 Å². The van der Waals surface area contributed by atoms with E-state index in [0.29, 0.717) is 29.4 Å². The fourth-order valence-corrected chi connectivity index (χ4v) is 3.74. The van der Waals surface area contributed by atoms with E-state index in [9.17, 15) is 9.90 Å². The second-order valence-corrected chi connectivity index (χ2v) is 6.83. The lowest BCUT2D eigenvalue weighted by molar-refractivity contribution is 0.0697. The molecule has 0 bridgehead atoms. The second kappa shape index (κ2) is 6.50. The second-order valence-electron chi connectivity index (χ2n) is 6.83. The molecular weight excluding hydrogens is 262 g/mol. The van der Waals surface area contributed by atoms with Crippen LogP contribution in [0.15, 0.2) is 24.3 Å². The van der Waals surface area contributed by atoms with Gasteiger partial charge in [-0.2, -0.15) is 0 Å². The summed E-state index contributed by atoms with van der Waals surface area (Å²) in [7, 11) is 2.06. The van der Waals surface area contributed by atoms with Gasteiger partial charge >= 0.3 is 5.97 Å². The zero-order valence-electron chi connectivity index (χ0n) is 13.5. The van der Waals surface area contributed by atoms with Crippen LogP contribution in [0.5, 0.6) is 0 Å². The Hall–Kier alpha value is -1.51. The van der Waals surface area contributed by atoms with E-state index < -0.39 is 5.97 Å². The van der Waals surface area contributed by atoms with Gasteiger partial charge < -0.3 is 10.0 Å². The third-order valence-corrected chi connectivity index (χ3v) is 5.00. The summed E-state index contributed by atoms with van der Waals surface area (Å²) >= 11 is 0. The van der Waals surface area contributed by atoms with E-state index in [1.807, 2.05) is 12.1 Å². The highest BCUT2D eigenvalue weighted by Crippen LogP contribution is 2.38. The molecule has 0 saturated heterocycles. The average molecular weight is 289 g/mol. The molecular formula is C18H27NO2. The fraction of sp³-hybridized carbons (Fsp3) is 0.611. The molecule has 1 saturated carbocycles. The third kappa shape index (κ3) is 3.39. The van der Waals surface area contributed by atoms with Crippen molar-refractivity contribution in [2.24, 2.45) is 17.8 Å². The summed E-state index contributed by atoms with van der Waals surface area (Å²) in [5.41, 5.74) is 1.25. The van der Waals surface area contributed by atoms with E-state index in [1.54, 1.807) is 12.1 Å². The fourth-order valence-electron chi connectivity index (χ4n) is 3.74. The maximum Gasteiger partial charge on any atom is 0.337 e. The molecule has 0 amide bonds. The maximum atomic E-state index is 11.5. The van der Waals surface area contributed by atoms with Crippen molar-refractivity contribution in [3.63, 3.8) is 0 Å². The number of carboxylic acids is 1. The summed E-state index contributed by atoms with van der Waals surface area (Å²) in [6, 6.07) is 7.78. The molecule has 0 spiro atoms. The summed E-state index contributed by atoms with van der Waals surface area (Å²) in [5.74, 6) is 1.13. The van der Waals surface area contributed by atoms with Gasteiger partial charge in [-0.3, -0.25) is 0 Å². The van der Waals surface area contributed by atoms with Crippen LogP contribution < -0.4 is 4.90 Å². The third-order valence-electron chi connectivity index (χ3n) is 5.00. The van der Waals surface area contributed by atoms with Gasteiger partial charge in [0.05, 0.1) is 11.3 Å². The summed E-state index contributed by atoms with van der Waals surface area (Å²) in [6.07, 6.45) is 3.67. The van der Waals surface area contributed by atoms with Crippen molar-refractivity contribution < 1.29 is 9.90 Å². The number of benzene rings is 1. The standard InChI is InChI=1S/C18H27NO2/c1-12(2)14-10-9-13(3)11-17(14)19(4)16-8-6-5-7-15(16)18(20)21/h5-8,12-14,17H,9-11H2,1-4H3,(H,20,21). The molecule has 0 heterocycles. The Kier molecular flexibility index (Phi) is 4.92. The maximum absolute atomic E-state index is 11.5. The van der Waals surface area contributed by atoms with E-state index in [1.165, 1.54) is 12.8 Å². The molecule has 0 aromatic heterocycles. The quantitative estimate of drug-likeness (QED) is 0.899. The van der Waals surface area contributed by atoms with E-state index in [2.05, 4.69) is 32.7 Å². The topological polar surface area (TPSA) is 40.5 Å². The minimum atomic E-state index is -0.845. The van der Waals surface area contributed by atoms with Gasteiger partial charge in [-0.15, -0.1) is 0 Å². The van der Waals surface area contributed by atoms with Crippen LogP contribution >= 0.6 is 0 Å². The molecule has 3 atom stereocenters. The number of aromatic carboxylic acids is 1. The molecule has 116 valence electrons. The van der Waals surface area contributed by atoms with Crippen LogP contribution in [-0.2, 0) is 0 Å². The van der Waals surface area contributed by atoms with Crippen molar-refractivity contribution in [3.8, 4) is 0 Å². The highest BCUT2D eigenvalue weighted by Gasteiger charge is 2.34. The van der Waals surface area contributed by atoms with Crippen LogP contribution in [0.2, 0.25) is 0 Å². The Balaban J connectivity index is 2.32. The van der Waals surface area contributed by atoms with Gasteiger partial charge in [0.1, 0.15) is 0 Å². The molecule has 21 heavy (non-hydrogen) atoms. The van der Waals surface area contributed by atoms with Crippen LogP contribution in [0.3, 0.4) is 0 Å². The zero-order chi connectivity index (χ0) is 15.6. The van der Waals surface area contributed by atoms with Gasteiger partial charge in [-0.05, 0) is 42.7 Å². The summed E-state index contributed by atoms with van der Waals surface area (Å²) in [5, 5.41) is 9.41. The van der Waals surface area contributed by atoms with Crippen LogP contribution in [0.4, 0.5) is 5.69 Å². The predicted octanol–water partition coefficient (Wildman–Crippen LogP) is 4.28. The van der Waals surface area contributed by atoms with Crippen LogP contribution in [0, 0.1) is 17.8 Å². The van der Waals surface area contributed by atoms with Crippen molar-refractivity contribution in [1.29, 1.82) is 0 Å². The van der Waals surface area contributed by atoms with Gasteiger partial charge in [-0.25, -0.2) is 4.79 Å². The minimum Gasteiger partial charge on any atom is -0.478 e. The van der Waals surface area contributed by atoms with Gasteiger partial charge in [0.15, 0.2) is 0 Å². The first kappa shape index (κ1) is 15.9. The van der Waals surface area contributed by atoms with E-state index >= 15 is 0 Å². The first-order valence-electron chi connectivity index (χ1n) is 7.97. The molecule has 0 radical (unpaired) electrons. The molecule has 1 aromatic rings. The van der Waals surface area contributed by atoms with Crippen molar-refractivity contribution in [1.82, 2.24) is 0 Å². The smallest absolute Gasteiger partial charge is 0.337 e. The number of carbonyl (C=O) groups is 1. The number of para-hydroxylation sites is 1. The number of hydrogen-bond acceptors (Lipinski definition) is 2. The van der Waals surface area contributed by atoms with E-state index in [0.717, 1.165) is 12.1 Å². The summed E-state index contributed by atoms with van der Waals surface area (Å²) in [4.78, 5) is 13.7. The SMILES string of the molecule is CC1CCC(C(C)C)C(N(C)c2ccccc2C(=O)O)C1. The number of hydrogen-bond donors (Lipinski definition) is 1. The normalized spacial score (nSPS) is 25.9. The molecule has 1 N–H and O–H groups in total. The molecule has 3 nitrogen and oxygen atoms in total. The van der Waals surface area contributed by atoms with Gasteiger partial charge in [0.25, 0.3) is 0 Å². The number of nitrogens with zero attached hydrogens (tertiary/aromatic N) is 1. The molecule has 1 aliphatic rings. The average Bonchev–Trinajstić information content (AvgIpc) is 2.46. The number of anilines is 1. The molecule has 1 fully saturated rings. The van der Waals surface area contributed by atoms with Crippen molar-refractivity contribution in [3.05, 3.63) is 29.8 Å². The van der Waals surface area contributed by atoms with Crippen molar-refractivity contribution >= 4 is 11.7 Å². The van der Waals surface area contributed by atoms with Crippen molar-refractivity contribution in [2.45, 2.75) is 46.1 Å². The molecule has 0 aliphatic heterocycles. The summed E-state index contributed by atoms with van der Waals surface area (Å²) in [6.45, 7) is 6.87. The van der Waals surface area contributed by atoms with Crippen LogP contribution in [0.25, 0.3) is 0 Å². The Bertz CT molecular complexity index is 498.